The minimum atomic E-state index is 0.433. The number of alkyl halides is 1. The van der Waals surface area contributed by atoms with Crippen LogP contribution in [-0.4, -0.2) is 9.78 Å². The smallest absolute Gasteiger partial charge is 0.133 e. The van der Waals surface area contributed by atoms with Gasteiger partial charge in [0.2, 0.25) is 0 Å². The van der Waals surface area contributed by atoms with Crippen molar-refractivity contribution in [2.45, 2.75) is 18.9 Å². The summed E-state index contributed by atoms with van der Waals surface area (Å²) in [5, 5.41) is 5.66. The number of halogens is 2. The first-order valence-corrected chi connectivity index (χ1v) is 7.08. The molecular weight excluding hydrogens is 316 g/mol. The summed E-state index contributed by atoms with van der Waals surface area (Å²) in [5.41, 5.74) is 2.96. The molecule has 0 aliphatic heterocycles. The highest BCUT2D eigenvalue weighted by molar-refractivity contribution is 9.08. The molecule has 1 aromatic carbocycles. The van der Waals surface area contributed by atoms with Crippen molar-refractivity contribution in [1.29, 1.82) is 0 Å². The zero-order valence-corrected chi connectivity index (χ0v) is 12.6. The maximum absolute atomic E-state index is 6.17. The molecule has 96 valence electrons. The van der Waals surface area contributed by atoms with Gasteiger partial charge < -0.3 is 4.74 Å². The van der Waals surface area contributed by atoms with Crippen molar-refractivity contribution in [3.05, 3.63) is 46.2 Å². The third-order valence-electron chi connectivity index (χ3n) is 2.76. The number of hydrogen-bond acceptors (Lipinski definition) is 2. The monoisotopic (exact) mass is 328 g/mol. The van der Waals surface area contributed by atoms with Crippen molar-refractivity contribution in [2.75, 3.05) is 0 Å². The Morgan fingerprint density at radius 1 is 1.39 bits per heavy atom. The van der Waals surface area contributed by atoms with Crippen LogP contribution in [0.1, 0.15) is 16.8 Å². The van der Waals surface area contributed by atoms with Crippen molar-refractivity contribution in [2.24, 2.45) is 7.05 Å². The van der Waals surface area contributed by atoms with Gasteiger partial charge in [-0.25, -0.2) is 0 Å². The normalized spacial score (nSPS) is 10.7. The molecule has 0 N–H and O–H groups in total. The maximum atomic E-state index is 6.17. The van der Waals surface area contributed by atoms with E-state index in [1.807, 2.05) is 38.2 Å². The van der Waals surface area contributed by atoms with Crippen LogP contribution in [0.15, 0.2) is 24.3 Å². The van der Waals surface area contributed by atoms with Crippen molar-refractivity contribution in [3.8, 4) is 5.75 Å². The van der Waals surface area contributed by atoms with E-state index in [1.165, 1.54) is 0 Å². The van der Waals surface area contributed by atoms with Gasteiger partial charge in [0.25, 0.3) is 0 Å². The summed E-state index contributed by atoms with van der Waals surface area (Å²) in [5.74, 6) is 0.869. The quantitative estimate of drug-likeness (QED) is 0.797. The summed E-state index contributed by atoms with van der Waals surface area (Å²) in [6.45, 7) is 2.36. The molecule has 1 heterocycles. The van der Waals surface area contributed by atoms with Gasteiger partial charge in [0.05, 0.1) is 5.69 Å². The zero-order valence-electron chi connectivity index (χ0n) is 10.3. The second kappa shape index (κ2) is 5.76. The van der Waals surface area contributed by atoms with Gasteiger partial charge >= 0.3 is 0 Å². The van der Waals surface area contributed by atoms with Crippen molar-refractivity contribution in [1.82, 2.24) is 9.78 Å². The summed E-state index contributed by atoms with van der Waals surface area (Å²) in [6.07, 6.45) is 0. The third kappa shape index (κ3) is 2.70. The van der Waals surface area contributed by atoms with E-state index in [-0.39, 0.29) is 0 Å². The second-order valence-corrected chi connectivity index (χ2v) is 4.93. The SMILES string of the molecule is Cc1nn(C)c(Cl)c1COc1ccccc1CBr. The van der Waals surface area contributed by atoms with Crippen molar-refractivity contribution >= 4 is 27.5 Å². The van der Waals surface area contributed by atoms with Crippen LogP contribution in [0.5, 0.6) is 5.75 Å². The summed E-state index contributed by atoms with van der Waals surface area (Å²) in [4.78, 5) is 0. The Bertz CT molecular complexity index is 554. The number of para-hydroxylation sites is 1. The molecule has 2 rings (SSSR count). The Balaban J connectivity index is 2.16. The Kier molecular flexibility index (Phi) is 4.30. The Hall–Kier alpha value is -1.000. The summed E-state index contributed by atoms with van der Waals surface area (Å²) < 4.78 is 7.48. The summed E-state index contributed by atoms with van der Waals surface area (Å²) in [6, 6.07) is 7.93. The van der Waals surface area contributed by atoms with Gasteiger partial charge in [-0.2, -0.15) is 5.10 Å². The minimum absolute atomic E-state index is 0.433. The fourth-order valence-corrected chi connectivity index (χ4v) is 2.44. The summed E-state index contributed by atoms with van der Waals surface area (Å²) >= 11 is 9.61. The highest BCUT2D eigenvalue weighted by Gasteiger charge is 2.12. The Labute approximate surface area is 120 Å². The first-order valence-electron chi connectivity index (χ1n) is 5.58. The lowest BCUT2D eigenvalue weighted by Crippen LogP contribution is -1.99. The number of aromatic nitrogens is 2. The number of benzene rings is 1. The van der Waals surface area contributed by atoms with Crippen LogP contribution >= 0.6 is 27.5 Å². The average molecular weight is 330 g/mol. The number of aryl methyl sites for hydroxylation is 2. The van der Waals surface area contributed by atoms with Gasteiger partial charge in [0.15, 0.2) is 0 Å². The van der Waals surface area contributed by atoms with Gasteiger partial charge in [0.1, 0.15) is 17.5 Å². The molecule has 1 aromatic heterocycles. The van der Waals surface area contributed by atoms with Crippen LogP contribution in [0.25, 0.3) is 0 Å². The highest BCUT2D eigenvalue weighted by atomic mass is 79.9. The Morgan fingerprint density at radius 2 is 2.11 bits per heavy atom. The number of nitrogens with zero attached hydrogens (tertiary/aromatic N) is 2. The van der Waals surface area contributed by atoms with E-state index in [9.17, 15) is 0 Å². The van der Waals surface area contributed by atoms with Crippen molar-refractivity contribution < 1.29 is 4.74 Å². The molecule has 2 aromatic rings. The van der Waals surface area contributed by atoms with E-state index in [1.54, 1.807) is 4.68 Å². The highest BCUT2D eigenvalue weighted by Crippen LogP contribution is 2.24. The second-order valence-electron chi connectivity index (χ2n) is 4.01. The molecule has 0 aliphatic carbocycles. The molecule has 0 bridgehead atoms. The predicted octanol–water partition coefficient (Wildman–Crippen LogP) is 3.86. The Morgan fingerprint density at radius 3 is 2.72 bits per heavy atom. The standard InChI is InChI=1S/C13H14BrClN2O/c1-9-11(13(15)17(2)16-9)8-18-12-6-4-3-5-10(12)7-14/h3-6H,7-8H2,1-2H3. The lowest BCUT2D eigenvalue weighted by atomic mass is 10.2. The molecule has 0 fully saturated rings. The molecule has 0 radical (unpaired) electrons. The van der Waals surface area contributed by atoms with E-state index < -0.39 is 0 Å². The van der Waals surface area contributed by atoms with Crippen LogP contribution in [0, 0.1) is 6.92 Å². The minimum Gasteiger partial charge on any atom is -0.488 e. The largest absolute Gasteiger partial charge is 0.488 e. The van der Waals surface area contributed by atoms with Crippen LogP contribution < -0.4 is 4.74 Å². The van der Waals surface area contributed by atoms with Crippen molar-refractivity contribution in [3.63, 3.8) is 0 Å². The third-order valence-corrected chi connectivity index (χ3v) is 3.84. The van der Waals surface area contributed by atoms with Crippen LogP contribution in [-0.2, 0) is 19.0 Å². The van der Waals surface area contributed by atoms with Crippen LogP contribution in [0.4, 0.5) is 0 Å². The van der Waals surface area contributed by atoms with E-state index in [0.29, 0.717) is 11.8 Å². The van der Waals surface area contributed by atoms with Gasteiger partial charge in [-0.15, -0.1) is 0 Å². The molecule has 0 spiro atoms. The molecular formula is C13H14BrClN2O. The molecule has 18 heavy (non-hydrogen) atoms. The van der Waals surface area contributed by atoms with Gasteiger partial charge in [0, 0.05) is 23.5 Å². The van der Waals surface area contributed by atoms with E-state index in [4.69, 9.17) is 16.3 Å². The van der Waals surface area contributed by atoms with Gasteiger partial charge in [-0.1, -0.05) is 45.7 Å². The number of ether oxygens (including phenoxy) is 1. The van der Waals surface area contributed by atoms with E-state index in [2.05, 4.69) is 21.0 Å². The lowest BCUT2D eigenvalue weighted by Gasteiger charge is -2.09. The summed E-state index contributed by atoms with van der Waals surface area (Å²) in [7, 11) is 1.82. The average Bonchev–Trinajstić information content (AvgIpc) is 2.62. The molecule has 0 amide bonds. The van der Waals surface area contributed by atoms with Gasteiger partial charge in [-0.3, -0.25) is 4.68 Å². The fourth-order valence-electron chi connectivity index (χ4n) is 1.74. The molecule has 0 saturated carbocycles. The van der Waals surface area contributed by atoms with Crippen LogP contribution in [0.3, 0.4) is 0 Å². The predicted molar refractivity (Wildman–Crippen MR) is 76.4 cm³/mol. The number of hydrogen-bond donors (Lipinski definition) is 0. The van der Waals surface area contributed by atoms with Gasteiger partial charge in [-0.05, 0) is 13.0 Å². The zero-order chi connectivity index (χ0) is 13.1. The molecule has 3 nitrogen and oxygen atoms in total. The molecule has 0 atom stereocenters. The maximum Gasteiger partial charge on any atom is 0.133 e. The first kappa shape index (κ1) is 13.4. The molecule has 0 unspecified atom stereocenters. The number of rotatable bonds is 4. The first-order chi connectivity index (χ1) is 8.63. The molecule has 5 heteroatoms. The lowest BCUT2D eigenvalue weighted by molar-refractivity contribution is 0.303. The fraction of sp³-hybridized carbons (Fsp3) is 0.308. The van der Waals surface area contributed by atoms with Crippen LogP contribution in [0.2, 0.25) is 5.15 Å². The molecule has 0 aliphatic rings. The topological polar surface area (TPSA) is 27.1 Å². The molecule has 0 saturated heterocycles. The van der Waals surface area contributed by atoms with E-state index >= 15 is 0 Å². The van der Waals surface area contributed by atoms with E-state index in [0.717, 1.165) is 27.9 Å².